The van der Waals surface area contributed by atoms with E-state index >= 15 is 0 Å². The van der Waals surface area contributed by atoms with Gasteiger partial charge >= 0.3 is 0 Å². The third kappa shape index (κ3) is 5.19. The molecule has 166 valence electrons. The van der Waals surface area contributed by atoms with Crippen LogP contribution in [-0.4, -0.2) is 39.3 Å². The number of rotatable bonds is 8. The minimum absolute atomic E-state index is 0.0419. The second-order valence-corrected chi connectivity index (χ2v) is 9.30. The van der Waals surface area contributed by atoms with Gasteiger partial charge in [0, 0.05) is 24.2 Å². The largest absolute Gasteiger partial charge is 0.349 e. The zero-order chi connectivity index (χ0) is 22.7. The van der Waals surface area contributed by atoms with Crippen LogP contribution in [0.25, 0.3) is 10.3 Å². The molecule has 0 saturated heterocycles. The van der Waals surface area contributed by atoms with E-state index in [1.54, 1.807) is 4.57 Å². The van der Waals surface area contributed by atoms with Crippen LogP contribution in [-0.2, 0) is 4.79 Å². The summed E-state index contributed by atoms with van der Waals surface area (Å²) in [4.78, 5) is 36.6. The number of benzene rings is 1. The summed E-state index contributed by atoms with van der Waals surface area (Å²) in [6.45, 7) is 9.37. The van der Waals surface area contributed by atoms with Gasteiger partial charge in [0.2, 0.25) is 5.91 Å². The van der Waals surface area contributed by atoms with Crippen LogP contribution in [0.5, 0.6) is 0 Å². The van der Waals surface area contributed by atoms with E-state index in [0.29, 0.717) is 15.5 Å². The summed E-state index contributed by atoms with van der Waals surface area (Å²) in [6.07, 6.45) is 0. The summed E-state index contributed by atoms with van der Waals surface area (Å²) in [6, 6.07) is 3.88. The summed E-state index contributed by atoms with van der Waals surface area (Å²) in [5.41, 5.74) is 0.242. The Hall–Kier alpha value is -2.17. The van der Waals surface area contributed by atoms with Crippen molar-refractivity contribution >= 4 is 61.8 Å². The van der Waals surface area contributed by atoms with Gasteiger partial charge in [-0.05, 0) is 45.9 Å². The summed E-state index contributed by atoms with van der Waals surface area (Å²) >= 11 is 8.18. The number of nitrogens with zero attached hydrogens (tertiary/aromatic N) is 4. The topological polar surface area (TPSA) is 80.1 Å². The highest BCUT2D eigenvalue weighted by Gasteiger charge is 2.20. The van der Waals surface area contributed by atoms with Crippen molar-refractivity contribution in [3.8, 4) is 0 Å². The molecule has 7 nitrogen and oxygen atoms in total. The van der Waals surface area contributed by atoms with Gasteiger partial charge in [0.15, 0.2) is 15.9 Å². The van der Waals surface area contributed by atoms with E-state index in [4.69, 9.17) is 11.6 Å². The van der Waals surface area contributed by atoms with Gasteiger partial charge in [-0.15, -0.1) is 0 Å². The van der Waals surface area contributed by atoms with Crippen LogP contribution in [0, 0.1) is 5.82 Å². The average molecular weight is 484 g/mol. The van der Waals surface area contributed by atoms with Crippen LogP contribution in [0.3, 0.4) is 0 Å². The molecule has 0 bridgehead atoms. The van der Waals surface area contributed by atoms with E-state index < -0.39 is 11.7 Å². The molecule has 0 aliphatic heterocycles. The number of amides is 1. The highest BCUT2D eigenvalue weighted by molar-refractivity contribution is 7.99. The van der Waals surface area contributed by atoms with Gasteiger partial charge in [0.1, 0.15) is 10.5 Å². The third-order valence-corrected chi connectivity index (χ3v) is 6.79. The van der Waals surface area contributed by atoms with Crippen molar-refractivity contribution < 1.29 is 9.18 Å². The third-order valence-electron chi connectivity index (χ3n) is 4.51. The zero-order valence-electron chi connectivity index (χ0n) is 17.6. The highest BCUT2D eigenvalue weighted by atomic mass is 35.5. The number of nitrogens with one attached hydrogen (secondary N) is 1. The quantitative estimate of drug-likeness (QED) is 0.366. The Morgan fingerprint density at radius 1 is 1.32 bits per heavy atom. The molecule has 2 aromatic heterocycles. The van der Waals surface area contributed by atoms with Crippen LogP contribution in [0.15, 0.2) is 28.2 Å². The zero-order valence-corrected chi connectivity index (χ0v) is 20.0. The van der Waals surface area contributed by atoms with E-state index in [1.165, 1.54) is 23.5 Å². The molecule has 1 N–H and O–H groups in total. The first-order chi connectivity index (χ1) is 14.7. The van der Waals surface area contributed by atoms with Crippen molar-refractivity contribution in [1.82, 2.24) is 14.5 Å². The number of carbonyl (C=O) groups excluding carboxylic acids is 1. The molecule has 0 radical (unpaired) electrons. The minimum atomic E-state index is -0.615. The van der Waals surface area contributed by atoms with Crippen LogP contribution in [0.1, 0.15) is 33.7 Å². The van der Waals surface area contributed by atoms with Crippen molar-refractivity contribution in [2.45, 2.75) is 38.9 Å². The molecule has 0 unspecified atom stereocenters. The summed E-state index contributed by atoms with van der Waals surface area (Å²) < 4.78 is 16.0. The molecule has 1 amide bonds. The van der Waals surface area contributed by atoms with Crippen LogP contribution in [0.2, 0.25) is 5.02 Å². The molecule has 0 fully saturated rings. The number of hydrogen-bond acceptors (Lipinski definition) is 7. The molecule has 3 aromatic rings. The Kier molecular flexibility index (Phi) is 7.55. The second-order valence-electron chi connectivity index (χ2n) is 6.95. The number of carbonyl (C=O) groups is 1. The Labute approximate surface area is 192 Å². The average Bonchev–Trinajstić information content (AvgIpc) is 3.13. The van der Waals surface area contributed by atoms with Crippen molar-refractivity contribution in [2.24, 2.45) is 0 Å². The van der Waals surface area contributed by atoms with E-state index in [9.17, 15) is 14.0 Å². The summed E-state index contributed by atoms with van der Waals surface area (Å²) in [5, 5.41) is 3.91. The number of thioether (sulfide) groups is 1. The molecular weight excluding hydrogens is 461 g/mol. The maximum Gasteiger partial charge on any atom is 0.274 e. The lowest BCUT2D eigenvalue weighted by Crippen LogP contribution is -2.25. The standard InChI is InChI=1S/C20H23ClFN5O2S2/c1-5-26(6-2)19-24-17-16(31-19)18(29)27(11(3)4)20(25-17)30-10-15(28)23-14-8-7-12(21)9-13(14)22/h7-9,11H,5-6,10H2,1-4H3,(H,23,28). The van der Waals surface area contributed by atoms with Gasteiger partial charge < -0.3 is 10.2 Å². The Bertz CT molecular complexity index is 1160. The molecule has 3 rings (SSSR count). The normalized spacial score (nSPS) is 11.3. The number of fused-ring (bicyclic) bond motifs is 1. The monoisotopic (exact) mass is 483 g/mol. The smallest absolute Gasteiger partial charge is 0.274 e. The molecule has 0 atom stereocenters. The molecule has 0 saturated carbocycles. The van der Waals surface area contributed by atoms with Crippen molar-refractivity contribution in [3.63, 3.8) is 0 Å². The molecule has 0 aliphatic rings. The molecular formula is C20H23ClFN5O2S2. The Balaban J connectivity index is 1.87. The van der Waals surface area contributed by atoms with Gasteiger partial charge in [0.25, 0.3) is 5.56 Å². The SMILES string of the molecule is CCN(CC)c1nc2nc(SCC(=O)Nc3ccc(Cl)cc3F)n(C(C)C)c(=O)c2s1. The van der Waals surface area contributed by atoms with Crippen LogP contribution < -0.4 is 15.8 Å². The van der Waals surface area contributed by atoms with Gasteiger partial charge in [-0.1, -0.05) is 34.7 Å². The molecule has 0 spiro atoms. The lowest BCUT2D eigenvalue weighted by molar-refractivity contribution is -0.113. The van der Waals surface area contributed by atoms with Gasteiger partial charge in [-0.3, -0.25) is 14.2 Å². The molecule has 0 aliphatic carbocycles. The van der Waals surface area contributed by atoms with E-state index in [1.807, 2.05) is 27.7 Å². The Morgan fingerprint density at radius 2 is 2.03 bits per heavy atom. The first kappa shape index (κ1) is 23.5. The van der Waals surface area contributed by atoms with Crippen molar-refractivity contribution in [2.75, 3.05) is 29.1 Å². The molecule has 1 aromatic carbocycles. The fourth-order valence-electron chi connectivity index (χ4n) is 2.95. The molecule has 2 heterocycles. The summed E-state index contributed by atoms with van der Waals surface area (Å²) in [5.74, 6) is -1.08. The first-order valence-corrected chi connectivity index (χ1v) is 12.0. The molecule has 11 heteroatoms. The maximum absolute atomic E-state index is 13.9. The van der Waals surface area contributed by atoms with Crippen LogP contribution >= 0.6 is 34.7 Å². The minimum Gasteiger partial charge on any atom is -0.349 e. The predicted molar refractivity (Wildman–Crippen MR) is 126 cm³/mol. The lowest BCUT2D eigenvalue weighted by atomic mass is 10.3. The number of hydrogen-bond donors (Lipinski definition) is 1. The van der Waals surface area contributed by atoms with E-state index in [-0.39, 0.29) is 28.1 Å². The van der Waals surface area contributed by atoms with Crippen LogP contribution in [0.4, 0.5) is 15.2 Å². The van der Waals surface area contributed by atoms with Gasteiger partial charge in [0.05, 0.1) is 11.4 Å². The summed E-state index contributed by atoms with van der Waals surface area (Å²) in [7, 11) is 0. The second kappa shape index (κ2) is 9.97. The van der Waals surface area contributed by atoms with Crippen molar-refractivity contribution in [1.29, 1.82) is 0 Å². The number of thiazole rings is 1. The van der Waals surface area contributed by atoms with E-state index in [0.717, 1.165) is 36.0 Å². The number of anilines is 2. The lowest BCUT2D eigenvalue weighted by Gasteiger charge is -2.15. The number of halogens is 2. The van der Waals surface area contributed by atoms with Gasteiger partial charge in [-0.2, -0.15) is 4.98 Å². The fourth-order valence-corrected chi connectivity index (χ4v) is 5.10. The highest BCUT2D eigenvalue weighted by Crippen LogP contribution is 2.28. The number of aromatic nitrogens is 3. The van der Waals surface area contributed by atoms with E-state index in [2.05, 4.69) is 20.2 Å². The predicted octanol–water partition coefficient (Wildman–Crippen LogP) is 4.80. The van der Waals surface area contributed by atoms with Gasteiger partial charge in [-0.25, -0.2) is 9.37 Å². The first-order valence-electron chi connectivity index (χ1n) is 9.80. The fraction of sp³-hybridized carbons (Fsp3) is 0.400. The van der Waals surface area contributed by atoms with Crippen molar-refractivity contribution in [3.05, 3.63) is 39.4 Å². The maximum atomic E-state index is 13.9. The Morgan fingerprint density at radius 3 is 2.65 bits per heavy atom. The molecule has 31 heavy (non-hydrogen) atoms.